The first-order valence-corrected chi connectivity index (χ1v) is 10.0. The molecular weight excluding hydrogens is 390 g/mol. The van der Waals surface area contributed by atoms with Crippen LogP contribution in [0.15, 0.2) is 102 Å². The van der Waals surface area contributed by atoms with Gasteiger partial charge in [0.1, 0.15) is 12.4 Å². The van der Waals surface area contributed by atoms with Crippen LogP contribution in [0.5, 0.6) is 5.75 Å². The van der Waals surface area contributed by atoms with Crippen molar-refractivity contribution in [3.63, 3.8) is 0 Å². The molecule has 0 radical (unpaired) electrons. The molecule has 0 saturated carbocycles. The molecule has 0 aliphatic carbocycles. The monoisotopic (exact) mass is 411 g/mol. The van der Waals surface area contributed by atoms with Crippen LogP contribution in [-0.4, -0.2) is 11.3 Å². The van der Waals surface area contributed by atoms with Gasteiger partial charge in [0.05, 0.1) is 6.21 Å². The Morgan fingerprint density at radius 3 is 2.40 bits per heavy atom. The van der Waals surface area contributed by atoms with Crippen LogP contribution >= 0.6 is 12.2 Å². The molecule has 0 bridgehead atoms. The van der Waals surface area contributed by atoms with Crippen LogP contribution in [-0.2, 0) is 6.61 Å². The Hall–Kier alpha value is -3.70. The SMILES string of the molecule is S=C(N/N=C/c1ccc(OCc2cccc3ccccc23)cc1)Nc1ccccc1. The zero-order chi connectivity index (χ0) is 20.6. The number of rotatable bonds is 6. The molecular formula is C25H21N3OS. The number of fused-ring (bicyclic) bond motifs is 1. The van der Waals surface area contributed by atoms with Crippen molar-refractivity contribution in [2.24, 2.45) is 5.10 Å². The number of nitrogens with one attached hydrogen (secondary N) is 2. The smallest absolute Gasteiger partial charge is 0.191 e. The minimum atomic E-state index is 0.437. The molecule has 4 nitrogen and oxygen atoms in total. The van der Waals surface area contributed by atoms with Crippen molar-refractivity contribution in [3.8, 4) is 5.75 Å². The molecule has 0 aliphatic heterocycles. The number of nitrogens with zero attached hydrogens (tertiary/aromatic N) is 1. The summed E-state index contributed by atoms with van der Waals surface area (Å²) in [5.41, 5.74) is 5.85. The minimum Gasteiger partial charge on any atom is -0.489 e. The Morgan fingerprint density at radius 1 is 0.833 bits per heavy atom. The number of para-hydroxylation sites is 1. The van der Waals surface area contributed by atoms with Crippen molar-refractivity contribution < 1.29 is 4.74 Å². The van der Waals surface area contributed by atoms with E-state index in [4.69, 9.17) is 17.0 Å². The number of anilines is 1. The van der Waals surface area contributed by atoms with Crippen LogP contribution in [0.25, 0.3) is 10.8 Å². The third-order valence-corrected chi connectivity index (χ3v) is 4.76. The van der Waals surface area contributed by atoms with Crippen LogP contribution in [0.4, 0.5) is 5.69 Å². The van der Waals surface area contributed by atoms with Crippen molar-refractivity contribution in [1.29, 1.82) is 0 Å². The zero-order valence-electron chi connectivity index (χ0n) is 16.3. The summed E-state index contributed by atoms with van der Waals surface area (Å²) in [6.45, 7) is 0.524. The second-order valence-corrected chi connectivity index (χ2v) is 7.09. The van der Waals surface area contributed by atoms with Gasteiger partial charge in [-0.1, -0.05) is 60.7 Å². The Bertz CT molecular complexity index is 1150. The van der Waals surface area contributed by atoms with Gasteiger partial charge in [-0.05, 0) is 70.5 Å². The van der Waals surface area contributed by atoms with Crippen molar-refractivity contribution >= 4 is 40.0 Å². The van der Waals surface area contributed by atoms with Gasteiger partial charge in [-0.15, -0.1) is 0 Å². The summed E-state index contributed by atoms with van der Waals surface area (Å²) in [5.74, 6) is 0.814. The number of hydrogen-bond donors (Lipinski definition) is 2. The predicted octanol–water partition coefficient (Wildman–Crippen LogP) is 5.74. The van der Waals surface area contributed by atoms with Gasteiger partial charge >= 0.3 is 0 Å². The highest BCUT2D eigenvalue weighted by atomic mass is 32.1. The van der Waals surface area contributed by atoms with Gasteiger partial charge in [0, 0.05) is 5.69 Å². The van der Waals surface area contributed by atoms with E-state index in [-0.39, 0.29) is 0 Å². The maximum Gasteiger partial charge on any atom is 0.191 e. The lowest BCUT2D eigenvalue weighted by atomic mass is 10.1. The van der Waals surface area contributed by atoms with E-state index in [0.717, 1.165) is 17.0 Å². The maximum atomic E-state index is 5.97. The van der Waals surface area contributed by atoms with E-state index in [0.29, 0.717) is 11.7 Å². The molecule has 0 unspecified atom stereocenters. The quantitative estimate of drug-likeness (QED) is 0.241. The summed E-state index contributed by atoms with van der Waals surface area (Å²) in [7, 11) is 0. The molecule has 4 rings (SSSR count). The normalized spacial score (nSPS) is 10.8. The molecule has 0 heterocycles. The summed E-state index contributed by atoms with van der Waals surface area (Å²) in [4.78, 5) is 0. The molecule has 0 fully saturated rings. The predicted molar refractivity (Wildman–Crippen MR) is 128 cm³/mol. The molecule has 0 aromatic heterocycles. The molecule has 2 N–H and O–H groups in total. The lowest BCUT2D eigenvalue weighted by Gasteiger charge is -2.09. The lowest BCUT2D eigenvalue weighted by Crippen LogP contribution is -2.23. The van der Waals surface area contributed by atoms with Crippen LogP contribution in [0, 0.1) is 0 Å². The van der Waals surface area contributed by atoms with Crippen LogP contribution < -0.4 is 15.5 Å². The molecule has 5 heteroatoms. The van der Waals surface area contributed by atoms with E-state index < -0.39 is 0 Å². The van der Waals surface area contributed by atoms with E-state index >= 15 is 0 Å². The molecule has 0 spiro atoms. The third kappa shape index (κ3) is 5.21. The van der Waals surface area contributed by atoms with E-state index in [1.165, 1.54) is 16.3 Å². The van der Waals surface area contributed by atoms with Crippen molar-refractivity contribution in [2.45, 2.75) is 6.61 Å². The van der Waals surface area contributed by atoms with E-state index in [1.54, 1.807) is 6.21 Å². The van der Waals surface area contributed by atoms with Crippen LogP contribution in [0.3, 0.4) is 0 Å². The van der Waals surface area contributed by atoms with Crippen LogP contribution in [0.1, 0.15) is 11.1 Å². The van der Waals surface area contributed by atoms with Gasteiger partial charge < -0.3 is 10.1 Å². The summed E-state index contributed by atoms with van der Waals surface area (Å²) >= 11 is 5.23. The van der Waals surface area contributed by atoms with E-state index in [2.05, 4.69) is 52.2 Å². The molecule has 148 valence electrons. The molecule has 4 aromatic carbocycles. The third-order valence-electron chi connectivity index (χ3n) is 4.57. The first-order valence-electron chi connectivity index (χ1n) is 9.62. The maximum absolute atomic E-state index is 5.97. The summed E-state index contributed by atoms with van der Waals surface area (Å²) in [5, 5.41) is 10.1. The second-order valence-electron chi connectivity index (χ2n) is 6.69. The number of hydrogen-bond acceptors (Lipinski definition) is 3. The summed E-state index contributed by atoms with van der Waals surface area (Å²) < 4.78 is 5.97. The topological polar surface area (TPSA) is 45.7 Å². The average molecular weight is 412 g/mol. The first kappa shape index (κ1) is 19.6. The fourth-order valence-corrected chi connectivity index (χ4v) is 3.25. The fraction of sp³-hybridized carbons (Fsp3) is 0.0400. The van der Waals surface area contributed by atoms with Crippen molar-refractivity contribution in [3.05, 3.63) is 108 Å². The Labute approximate surface area is 181 Å². The number of ether oxygens (including phenoxy) is 1. The summed E-state index contributed by atoms with van der Waals surface area (Å²) in [6.07, 6.45) is 1.72. The molecule has 0 amide bonds. The van der Waals surface area contributed by atoms with Gasteiger partial charge in [0.25, 0.3) is 0 Å². The molecule has 4 aromatic rings. The lowest BCUT2D eigenvalue weighted by molar-refractivity contribution is 0.307. The minimum absolute atomic E-state index is 0.437. The molecule has 0 saturated heterocycles. The van der Waals surface area contributed by atoms with Crippen molar-refractivity contribution in [2.75, 3.05) is 5.32 Å². The van der Waals surface area contributed by atoms with E-state index in [1.807, 2.05) is 60.7 Å². The molecule has 0 aliphatic rings. The highest BCUT2D eigenvalue weighted by Crippen LogP contribution is 2.20. The van der Waals surface area contributed by atoms with Gasteiger partial charge in [0.15, 0.2) is 5.11 Å². The second kappa shape index (κ2) is 9.67. The zero-order valence-corrected chi connectivity index (χ0v) is 17.1. The Morgan fingerprint density at radius 2 is 1.57 bits per heavy atom. The van der Waals surface area contributed by atoms with Gasteiger partial charge in [0.2, 0.25) is 0 Å². The van der Waals surface area contributed by atoms with Gasteiger partial charge in [-0.25, -0.2) is 0 Å². The molecule has 30 heavy (non-hydrogen) atoms. The number of thiocarbonyl (C=S) groups is 1. The molecule has 0 atom stereocenters. The number of benzene rings is 4. The highest BCUT2D eigenvalue weighted by Gasteiger charge is 2.02. The van der Waals surface area contributed by atoms with E-state index in [9.17, 15) is 0 Å². The first-order chi connectivity index (χ1) is 14.8. The summed E-state index contributed by atoms with van der Waals surface area (Å²) in [6, 6.07) is 32.1. The Kier molecular flexibility index (Phi) is 6.32. The Balaban J connectivity index is 1.30. The van der Waals surface area contributed by atoms with Crippen LogP contribution in [0.2, 0.25) is 0 Å². The fourth-order valence-electron chi connectivity index (χ4n) is 3.08. The average Bonchev–Trinajstić information content (AvgIpc) is 2.79. The van der Waals surface area contributed by atoms with Gasteiger partial charge in [-0.2, -0.15) is 5.10 Å². The van der Waals surface area contributed by atoms with Crippen molar-refractivity contribution in [1.82, 2.24) is 5.43 Å². The largest absolute Gasteiger partial charge is 0.489 e. The number of hydrazone groups is 1. The van der Waals surface area contributed by atoms with Gasteiger partial charge in [-0.3, -0.25) is 5.43 Å². The standard InChI is InChI=1S/C25H21N3OS/c30-25(27-22-10-2-1-3-11-22)28-26-17-19-13-15-23(16-14-19)29-18-21-9-6-8-20-7-4-5-12-24(20)21/h1-17H,18H2,(H2,27,28,30)/b26-17+. The highest BCUT2D eigenvalue weighted by molar-refractivity contribution is 7.80.